The minimum atomic E-state index is -0.896. The van der Waals surface area contributed by atoms with E-state index in [4.69, 9.17) is 9.72 Å². The zero-order valence-corrected chi connectivity index (χ0v) is 20.6. The second kappa shape index (κ2) is 9.39. The Morgan fingerprint density at radius 2 is 1.94 bits per heavy atom. The quantitative estimate of drug-likeness (QED) is 0.164. The van der Waals surface area contributed by atoms with Gasteiger partial charge in [-0.3, -0.25) is 19.5 Å². The molecule has 8 heteroatoms. The molecule has 0 saturated carbocycles. The van der Waals surface area contributed by atoms with Crippen LogP contribution in [0.15, 0.2) is 79.2 Å². The molecule has 36 heavy (non-hydrogen) atoms. The van der Waals surface area contributed by atoms with E-state index in [2.05, 4.69) is 11.6 Å². The van der Waals surface area contributed by atoms with Gasteiger partial charge in [-0.15, -0.1) is 0 Å². The average molecular weight is 498 g/mol. The van der Waals surface area contributed by atoms with Crippen molar-refractivity contribution in [2.45, 2.75) is 19.9 Å². The first-order chi connectivity index (χ1) is 17.4. The maximum absolute atomic E-state index is 13.5. The van der Waals surface area contributed by atoms with Crippen LogP contribution in [0, 0.1) is 13.8 Å². The van der Waals surface area contributed by atoms with E-state index in [1.165, 1.54) is 28.6 Å². The molecule has 4 aromatic rings. The van der Waals surface area contributed by atoms with Crippen LogP contribution in [0.4, 0.5) is 5.13 Å². The summed E-state index contributed by atoms with van der Waals surface area (Å²) >= 11 is 1.34. The lowest BCUT2D eigenvalue weighted by Gasteiger charge is -2.23. The molecule has 0 aliphatic carbocycles. The van der Waals surface area contributed by atoms with Crippen LogP contribution in [0.25, 0.3) is 16.0 Å². The van der Waals surface area contributed by atoms with Crippen LogP contribution in [0.1, 0.15) is 28.3 Å². The second-order valence-corrected chi connectivity index (χ2v) is 9.51. The number of amides is 1. The monoisotopic (exact) mass is 497 g/mol. The Kier molecular flexibility index (Phi) is 6.12. The van der Waals surface area contributed by atoms with E-state index in [1.54, 1.807) is 42.5 Å². The van der Waals surface area contributed by atoms with Crippen molar-refractivity contribution >= 4 is 44.1 Å². The number of thiazole rings is 1. The molecule has 1 aliphatic rings. The van der Waals surface area contributed by atoms with Crippen LogP contribution in [-0.2, 0) is 9.59 Å². The number of ether oxygens (including phenoxy) is 1. The fourth-order valence-corrected chi connectivity index (χ4v) is 5.57. The summed E-state index contributed by atoms with van der Waals surface area (Å²) in [6, 6.07) is 13.4. The van der Waals surface area contributed by atoms with Gasteiger partial charge in [0.15, 0.2) is 5.13 Å². The smallest absolute Gasteiger partial charge is 0.301 e. The van der Waals surface area contributed by atoms with Crippen LogP contribution >= 0.6 is 11.3 Å². The third-order valence-electron chi connectivity index (χ3n) is 5.96. The first kappa shape index (κ1) is 23.4. The molecule has 0 radical (unpaired) electrons. The molecule has 2 aromatic carbocycles. The number of Topliss-reactive ketones (excluding diaryl/α,β-unsaturated/α-hetero) is 1. The summed E-state index contributed by atoms with van der Waals surface area (Å²) in [4.78, 5) is 37.0. The summed E-state index contributed by atoms with van der Waals surface area (Å²) in [5.41, 5.74) is 3.83. The molecular formula is C28H23N3O4S. The molecule has 1 amide bonds. The Labute approximate surface area is 212 Å². The minimum Gasteiger partial charge on any atom is -0.507 e. The predicted molar refractivity (Wildman–Crippen MR) is 140 cm³/mol. The number of aliphatic hydroxyl groups is 1. The van der Waals surface area contributed by atoms with E-state index in [1.807, 2.05) is 26.0 Å². The van der Waals surface area contributed by atoms with E-state index in [0.717, 1.165) is 21.3 Å². The topological polar surface area (TPSA) is 92.6 Å². The molecule has 1 atom stereocenters. The molecule has 180 valence electrons. The van der Waals surface area contributed by atoms with Crippen molar-refractivity contribution in [3.05, 3.63) is 101 Å². The number of benzene rings is 2. The summed E-state index contributed by atoms with van der Waals surface area (Å²) < 4.78 is 6.62. The van der Waals surface area contributed by atoms with Crippen LogP contribution < -0.4 is 9.64 Å². The molecule has 1 fully saturated rings. The van der Waals surface area contributed by atoms with Gasteiger partial charge in [0.25, 0.3) is 5.78 Å². The van der Waals surface area contributed by atoms with Gasteiger partial charge in [0, 0.05) is 18.0 Å². The highest BCUT2D eigenvalue weighted by Gasteiger charge is 2.48. The first-order valence-corrected chi connectivity index (χ1v) is 12.1. The van der Waals surface area contributed by atoms with Crippen molar-refractivity contribution in [1.29, 1.82) is 0 Å². The third-order valence-corrected chi connectivity index (χ3v) is 6.97. The van der Waals surface area contributed by atoms with Gasteiger partial charge in [-0.2, -0.15) is 0 Å². The molecule has 1 aliphatic heterocycles. The zero-order valence-electron chi connectivity index (χ0n) is 19.8. The fourth-order valence-electron chi connectivity index (χ4n) is 4.40. The van der Waals surface area contributed by atoms with E-state index in [-0.39, 0.29) is 11.3 Å². The van der Waals surface area contributed by atoms with Gasteiger partial charge >= 0.3 is 5.91 Å². The van der Waals surface area contributed by atoms with Crippen molar-refractivity contribution in [2.75, 3.05) is 11.5 Å². The van der Waals surface area contributed by atoms with Gasteiger partial charge in [-0.25, -0.2) is 4.98 Å². The molecule has 0 bridgehead atoms. The number of anilines is 1. The Morgan fingerprint density at radius 1 is 1.17 bits per heavy atom. The van der Waals surface area contributed by atoms with Gasteiger partial charge in [-0.1, -0.05) is 42.2 Å². The Balaban J connectivity index is 1.73. The number of rotatable bonds is 6. The average Bonchev–Trinajstić information content (AvgIpc) is 3.41. The first-order valence-electron chi connectivity index (χ1n) is 11.3. The van der Waals surface area contributed by atoms with Crippen LogP contribution in [0.3, 0.4) is 0 Å². The standard InChI is InChI=1S/C28H23N3O4S/c1-4-12-35-20-7-5-6-19(15-20)24-22(25(32)18-8-10-29-11-9-18)26(33)27(34)31(24)28-30-23-17(3)13-16(2)14-21(23)36-28/h4-11,13-15,24,32H,1,12H2,2-3H3. The fraction of sp³-hybridized carbons (Fsp3) is 0.143. The maximum Gasteiger partial charge on any atom is 0.301 e. The molecule has 2 aromatic heterocycles. The molecule has 5 rings (SSSR count). The number of aliphatic hydroxyl groups excluding tert-OH is 1. The normalized spacial score (nSPS) is 17.1. The zero-order chi connectivity index (χ0) is 25.4. The van der Waals surface area contributed by atoms with Crippen molar-refractivity contribution in [1.82, 2.24) is 9.97 Å². The lowest BCUT2D eigenvalue weighted by Crippen LogP contribution is -2.29. The number of ketones is 1. The van der Waals surface area contributed by atoms with Crippen LogP contribution in [0.5, 0.6) is 5.75 Å². The number of hydrogen-bond donors (Lipinski definition) is 1. The number of carbonyl (C=O) groups excluding carboxylic acids is 2. The second-order valence-electron chi connectivity index (χ2n) is 8.50. The van der Waals surface area contributed by atoms with Crippen molar-refractivity contribution in [2.24, 2.45) is 0 Å². The lowest BCUT2D eigenvalue weighted by molar-refractivity contribution is -0.132. The molecule has 1 saturated heterocycles. The predicted octanol–water partition coefficient (Wildman–Crippen LogP) is 5.50. The van der Waals surface area contributed by atoms with Gasteiger partial charge in [0.05, 0.1) is 21.8 Å². The number of aromatic nitrogens is 2. The molecule has 1 unspecified atom stereocenters. The van der Waals surface area contributed by atoms with Gasteiger partial charge in [0.1, 0.15) is 18.1 Å². The highest BCUT2D eigenvalue weighted by atomic mass is 32.1. The van der Waals surface area contributed by atoms with Crippen molar-refractivity contribution in [3.8, 4) is 5.75 Å². The summed E-state index contributed by atoms with van der Waals surface area (Å²) in [7, 11) is 0. The van der Waals surface area contributed by atoms with E-state index in [0.29, 0.717) is 28.6 Å². The van der Waals surface area contributed by atoms with E-state index >= 15 is 0 Å². The highest BCUT2D eigenvalue weighted by molar-refractivity contribution is 7.22. The van der Waals surface area contributed by atoms with E-state index in [9.17, 15) is 14.7 Å². The number of nitrogens with zero attached hydrogens (tertiary/aromatic N) is 3. The Hall–Kier alpha value is -4.30. The van der Waals surface area contributed by atoms with Crippen molar-refractivity contribution < 1.29 is 19.4 Å². The van der Waals surface area contributed by atoms with Gasteiger partial charge in [0.2, 0.25) is 0 Å². The Morgan fingerprint density at radius 3 is 2.69 bits per heavy atom. The molecule has 3 heterocycles. The third kappa shape index (κ3) is 4.05. The summed E-state index contributed by atoms with van der Waals surface area (Å²) in [5, 5.41) is 11.6. The summed E-state index contributed by atoms with van der Waals surface area (Å²) in [6.45, 7) is 7.95. The van der Waals surface area contributed by atoms with Gasteiger partial charge < -0.3 is 9.84 Å². The van der Waals surface area contributed by atoms with Crippen LogP contribution in [-0.4, -0.2) is 33.4 Å². The van der Waals surface area contributed by atoms with Crippen LogP contribution in [0.2, 0.25) is 0 Å². The van der Waals surface area contributed by atoms with E-state index < -0.39 is 17.7 Å². The SMILES string of the molecule is C=CCOc1cccc(C2C(=C(O)c3ccncc3)C(=O)C(=O)N2c2nc3c(C)cc(C)cc3s2)c1. The maximum atomic E-state index is 13.5. The largest absolute Gasteiger partial charge is 0.507 e. The summed E-state index contributed by atoms with van der Waals surface area (Å²) in [6.07, 6.45) is 4.67. The number of aryl methyl sites for hydroxylation is 2. The van der Waals surface area contributed by atoms with Crippen molar-refractivity contribution in [3.63, 3.8) is 0 Å². The molecular weight excluding hydrogens is 474 g/mol. The van der Waals surface area contributed by atoms with Gasteiger partial charge in [-0.05, 0) is 60.9 Å². The molecule has 7 nitrogen and oxygen atoms in total. The number of pyridine rings is 1. The molecule has 0 spiro atoms. The lowest BCUT2D eigenvalue weighted by atomic mass is 9.95. The molecule has 1 N–H and O–H groups in total. The minimum absolute atomic E-state index is 0.0146. The Bertz CT molecular complexity index is 1540. The highest BCUT2D eigenvalue weighted by Crippen LogP contribution is 2.45. The number of carbonyl (C=O) groups is 2. The number of fused-ring (bicyclic) bond motifs is 1. The summed E-state index contributed by atoms with van der Waals surface area (Å²) in [5.74, 6) is -1.24. The number of hydrogen-bond acceptors (Lipinski definition) is 7.